The number of pyridine rings is 1. The topological polar surface area (TPSA) is 33.4 Å². The monoisotopic (exact) mass is 272 g/mol. The van der Waals surface area contributed by atoms with Crippen LogP contribution in [0.4, 0.5) is 0 Å². The van der Waals surface area contributed by atoms with Gasteiger partial charge in [0.2, 0.25) is 0 Å². The second kappa shape index (κ2) is 5.52. The van der Waals surface area contributed by atoms with E-state index in [1.54, 1.807) is 0 Å². The average molecular weight is 272 g/mol. The van der Waals surface area contributed by atoms with Gasteiger partial charge in [-0.25, -0.2) is 9.50 Å². The van der Waals surface area contributed by atoms with Crippen molar-refractivity contribution in [3.8, 4) is 0 Å². The predicted octanol–water partition coefficient (Wildman–Crippen LogP) is 2.70. The molecule has 4 nitrogen and oxygen atoms in total. The molecule has 0 saturated carbocycles. The summed E-state index contributed by atoms with van der Waals surface area (Å²) in [5.41, 5.74) is 2.18. The van der Waals surface area contributed by atoms with E-state index in [-0.39, 0.29) is 0 Å². The Hall–Kier alpha value is -1.42. The van der Waals surface area contributed by atoms with Crippen LogP contribution in [0.15, 0.2) is 18.3 Å². The predicted molar refractivity (Wildman–Crippen MR) is 80.9 cm³/mol. The van der Waals surface area contributed by atoms with Gasteiger partial charge < -0.3 is 4.90 Å². The maximum absolute atomic E-state index is 4.65. The highest BCUT2D eigenvalue weighted by atomic mass is 15.3. The van der Waals surface area contributed by atoms with Crippen LogP contribution in [0.3, 0.4) is 0 Å². The number of hydrogen-bond acceptors (Lipinski definition) is 3. The highest BCUT2D eigenvalue weighted by Crippen LogP contribution is 2.21. The Morgan fingerprint density at radius 2 is 2.20 bits per heavy atom. The van der Waals surface area contributed by atoms with E-state index in [2.05, 4.69) is 41.8 Å². The zero-order valence-electron chi connectivity index (χ0n) is 12.7. The summed E-state index contributed by atoms with van der Waals surface area (Å²) >= 11 is 0. The van der Waals surface area contributed by atoms with E-state index in [9.17, 15) is 0 Å². The smallest absolute Gasteiger partial charge is 0.155 e. The van der Waals surface area contributed by atoms with Crippen LogP contribution in [-0.4, -0.2) is 38.6 Å². The molecule has 0 amide bonds. The zero-order valence-corrected chi connectivity index (χ0v) is 12.7. The molecule has 1 atom stereocenters. The van der Waals surface area contributed by atoms with Crippen molar-refractivity contribution in [2.45, 2.75) is 46.1 Å². The van der Waals surface area contributed by atoms with Crippen molar-refractivity contribution in [1.82, 2.24) is 19.5 Å². The van der Waals surface area contributed by atoms with Crippen molar-refractivity contribution in [3.05, 3.63) is 29.7 Å². The number of piperidine rings is 1. The quantitative estimate of drug-likeness (QED) is 0.861. The van der Waals surface area contributed by atoms with Gasteiger partial charge in [-0.1, -0.05) is 6.07 Å². The number of fused-ring (bicyclic) bond motifs is 1. The highest BCUT2D eigenvalue weighted by Gasteiger charge is 2.23. The number of aromatic nitrogens is 3. The first-order valence-electron chi connectivity index (χ1n) is 7.68. The summed E-state index contributed by atoms with van der Waals surface area (Å²) in [7, 11) is 0. The first-order chi connectivity index (χ1) is 9.61. The fraction of sp³-hybridized carbons (Fsp3) is 0.625. The summed E-state index contributed by atoms with van der Waals surface area (Å²) in [6, 6.07) is 4.79. The van der Waals surface area contributed by atoms with Gasteiger partial charge in [0.05, 0.1) is 0 Å². The molecule has 4 heteroatoms. The van der Waals surface area contributed by atoms with Gasteiger partial charge in [0, 0.05) is 25.2 Å². The highest BCUT2D eigenvalue weighted by molar-refractivity contribution is 5.38. The second-order valence-corrected chi connectivity index (χ2v) is 6.34. The molecule has 3 heterocycles. The van der Waals surface area contributed by atoms with Crippen LogP contribution in [0.25, 0.3) is 5.65 Å². The molecule has 1 fully saturated rings. The fourth-order valence-corrected chi connectivity index (χ4v) is 3.11. The molecule has 1 unspecified atom stereocenters. The van der Waals surface area contributed by atoms with Gasteiger partial charge in [0.1, 0.15) is 0 Å². The summed E-state index contributed by atoms with van der Waals surface area (Å²) in [5.74, 6) is 1.69. The molecule has 1 aliphatic heterocycles. The Morgan fingerprint density at radius 1 is 1.35 bits per heavy atom. The normalized spacial score (nSPS) is 20.9. The lowest BCUT2D eigenvalue weighted by Gasteiger charge is -2.35. The average Bonchev–Trinajstić information content (AvgIpc) is 2.80. The van der Waals surface area contributed by atoms with E-state index >= 15 is 0 Å². The van der Waals surface area contributed by atoms with Crippen LogP contribution >= 0.6 is 0 Å². The number of hydrogen-bond donors (Lipinski definition) is 0. The molecule has 1 aliphatic rings. The van der Waals surface area contributed by atoms with Gasteiger partial charge in [-0.2, -0.15) is 5.10 Å². The number of likely N-dealkylation sites (tertiary alicyclic amines) is 1. The Balaban J connectivity index is 1.72. The van der Waals surface area contributed by atoms with Crippen LogP contribution in [0.5, 0.6) is 0 Å². The lowest BCUT2D eigenvalue weighted by atomic mass is 9.94. The van der Waals surface area contributed by atoms with Gasteiger partial charge >= 0.3 is 0 Å². The third-order valence-corrected chi connectivity index (χ3v) is 4.27. The Morgan fingerprint density at radius 3 is 3.00 bits per heavy atom. The van der Waals surface area contributed by atoms with E-state index < -0.39 is 0 Å². The Labute approximate surface area is 120 Å². The standard InChI is InChI=1S/C16H24N4/c1-12(2)19-8-4-5-14(11-19)9-15-17-16-7-6-13(3)10-20(16)18-15/h6-7,10,12,14H,4-5,8-9,11H2,1-3H3. The molecule has 20 heavy (non-hydrogen) atoms. The third kappa shape index (κ3) is 2.85. The number of rotatable bonds is 3. The lowest BCUT2D eigenvalue weighted by molar-refractivity contribution is 0.138. The van der Waals surface area contributed by atoms with E-state index in [0.29, 0.717) is 12.0 Å². The molecule has 0 N–H and O–H groups in total. The summed E-state index contributed by atoms with van der Waals surface area (Å²) in [4.78, 5) is 7.23. The summed E-state index contributed by atoms with van der Waals surface area (Å²) in [6.07, 6.45) is 5.66. The van der Waals surface area contributed by atoms with Crippen LogP contribution in [-0.2, 0) is 6.42 Å². The molecule has 0 aromatic carbocycles. The van der Waals surface area contributed by atoms with Crippen molar-refractivity contribution in [3.63, 3.8) is 0 Å². The molecule has 2 aromatic heterocycles. The molecule has 108 valence electrons. The van der Waals surface area contributed by atoms with Crippen molar-refractivity contribution in [2.24, 2.45) is 5.92 Å². The Bertz CT molecular complexity index is 587. The summed E-state index contributed by atoms with van der Waals surface area (Å²) in [6.45, 7) is 9.09. The minimum atomic E-state index is 0.648. The van der Waals surface area contributed by atoms with Gasteiger partial charge in [0.15, 0.2) is 11.5 Å². The summed E-state index contributed by atoms with van der Waals surface area (Å²) in [5, 5.41) is 4.62. The van der Waals surface area contributed by atoms with Gasteiger partial charge in [-0.3, -0.25) is 0 Å². The fourth-order valence-electron chi connectivity index (χ4n) is 3.11. The second-order valence-electron chi connectivity index (χ2n) is 6.34. The van der Waals surface area contributed by atoms with Crippen LogP contribution in [0, 0.1) is 12.8 Å². The summed E-state index contributed by atoms with van der Waals surface area (Å²) < 4.78 is 1.91. The maximum Gasteiger partial charge on any atom is 0.155 e. The molecule has 0 aliphatic carbocycles. The number of aryl methyl sites for hydroxylation is 1. The molecule has 0 bridgehead atoms. The minimum absolute atomic E-state index is 0.648. The first kappa shape index (κ1) is 13.6. The van der Waals surface area contributed by atoms with Gasteiger partial charge in [-0.15, -0.1) is 0 Å². The zero-order chi connectivity index (χ0) is 14.1. The maximum atomic E-state index is 4.65. The molecule has 3 rings (SSSR count). The van der Waals surface area contributed by atoms with E-state index in [1.165, 1.54) is 31.5 Å². The molecular weight excluding hydrogens is 248 g/mol. The van der Waals surface area contributed by atoms with Crippen LogP contribution in [0.2, 0.25) is 0 Å². The van der Waals surface area contributed by atoms with Crippen molar-refractivity contribution in [1.29, 1.82) is 0 Å². The largest absolute Gasteiger partial charge is 0.301 e. The molecular formula is C16H24N4. The van der Waals surface area contributed by atoms with E-state index in [0.717, 1.165) is 17.9 Å². The molecule has 2 aromatic rings. The van der Waals surface area contributed by atoms with Crippen LogP contribution < -0.4 is 0 Å². The van der Waals surface area contributed by atoms with Crippen molar-refractivity contribution >= 4 is 5.65 Å². The Kier molecular flexibility index (Phi) is 3.74. The van der Waals surface area contributed by atoms with Crippen molar-refractivity contribution in [2.75, 3.05) is 13.1 Å². The van der Waals surface area contributed by atoms with Crippen LogP contribution in [0.1, 0.15) is 38.1 Å². The van der Waals surface area contributed by atoms with Crippen molar-refractivity contribution < 1.29 is 0 Å². The lowest BCUT2D eigenvalue weighted by Crippen LogP contribution is -2.40. The molecule has 1 saturated heterocycles. The minimum Gasteiger partial charge on any atom is -0.301 e. The molecule has 0 radical (unpaired) electrons. The van der Waals surface area contributed by atoms with E-state index in [4.69, 9.17) is 0 Å². The van der Waals surface area contributed by atoms with Gasteiger partial charge in [-0.05, 0) is 57.7 Å². The number of nitrogens with zero attached hydrogens (tertiary/aromatic N) is 4. The molecule has 0 spiro atoms. The third-order valence-electron chi connectivity index (χ3n) is 4.27. The van der Waals surface area contributed by atoms with Gasteiger partial charge in [0.25, 0.3) is 0 Å². The van der Waals surface area contributed by atoms with E-state index in [1.807, 2.05) is 16.8 Å². The SMILES string of the molecule is Cc1ccc2nc(CC3CCCN(C(C)C)C3)nn2c1. The first-order valence-corrected chi connectivity index (χ1v) is 7.68.